The predicted octanol–water partition coefficient (Wildman–Crippen LogP) is 21.5. The standard InChI is InChI=1S/C74H52N2S2/c1-73(2)59-23-9-7-20-50(59)52-37-33-45(41-61(52)73)49-19-5-6-22-54(49)72-56-40-36-47(75-63-25-11-15-29-67(63)77-68-30-16-12-26-64(68)75)43-57(56)71(46-34-38-53-51-21-8-10-24-60(51)74(3,4)62(53)42-46)55-39-35-48(44-58(55)72)76-65-27-13-17-31-69(65)78-70-32-18-14-28-66(70)76/h5-44H,1-4H3. The number of hydrogen-bond acceptors (Lipinski definition) is 4. The Morgan fingerprint density at radius 3 is 1.12 bits per heavy atom. The Labute approximate surface area is 464 Å². The number of para-hydroxylation sites is 4. The van der Waals surface area contributed by atoms with E-state index in [9.17, 15) is 0 Å². The summed E-state index contributed by atoms with van der Waals surface area (Å²) in [5, 5.41) is 4.86. The summed E-state index contributed by atoms with van der Waals surface area (Å²) in [6.07, 6.45) is 0. The van der Waals surface area contributed by atoms with E-state index in [0.717, 1.165) is 11.4 Å². The molecule has 12 aromatic carbocycles. The second-order valence-electron chi connectivity index (χ2n) is 22.4. The van der Waals surface area contributed by atoms with Gasteiger partial charge in [0.05, 0.1) is 22.7 Å². The molecular formula is C74H52N2S2. The lowest BCUT2D eigenvalue weighted by Gasteiger charge is -2.34. The van der Waals surface area contributed by atoms with Crippen LogP contribution in [0.15, 0.2) is 262 Å². The maximum Gasteiger partial charge on any atom is 0.0601 e. The van der Waals surface area contributed by atoms with E-state index in [1.54, 1.807) is 0 Å². The van der Waals surface area contributed by atoms with Gasteiger partial charge in [0.25, 0.3) is 0 Å². The molecule has 12 aromatic rings. The zero-order chi connectivity index (χ0) is 52.0. The molecule has 0 aromatic heterocycles. The number of nitrogens with zero attached hydrogens (tertiary/aromatic N) is 2. The monoisotopic (exact) mass is 1030 g/mol. The van der Waals surface area contributed by atoms with Gasteiger partial charge in [-0.3, -0.25) is 0 Å². The fourth-order valence-corrected chi connectivity index (χ4v) is 15.8. The molecule has 0 saturated heterocycles. The average molecular weight is 1030 g/mol. The van der Waals surface area contributed by atoms with Gasteiger partial charge in [0.15, 0.2) is 0 Å². The molecule has 16 rings (SSSR count). The van der Waals surface area contributed by atoms with Crippen LogP contribution in [0.1, 0.15) is 49.9 Å². The maximum absolute atomic E-state index is 2.53. The molecular weight excluding hydrogens is 981 g/mol. The third kappa shape index (κ3) is 6.60. The molecule has 0 saturated carbocycles. The number of benzene rings is 12. The van der Waals surface area contributed by atoms with Gasteiger partial charge in [0.2, 0.25) is 0 Å². The topological polar surface area (TPSA) is 6.48 Å². The number of fused-ring (bicyclic) bond motifs is 12. The minimum absolute atomic E-state index is 0.140. The largest absolute Gasteiger partial charge is 0.308 e. The summed E-state index contributed by atoms with van der Waals surface area (Å²) < 4.78 is 0. The molecule has 0 amide bonds. The van der Waals surface area contributed by atoms with E-state index in [4.69, 9.17) is 0 Å². The summed E-state index contributed by atoms with van der Waals surface area (Å²) in [5.74, 6) is 0. The first-order chi connectivity index (χ1) is 38.2. The SMILES string of the molecule is CC1(C)c2ccccc2-c2ccc(-c3ccccc3-c3c4ccc(N5c6ccccc6Sc6ccccc65)cc4c(-c4ccc5c(c4)C(C)(C)c4ccccc4-5)c4ccc(N5c6ccccc6Sc6ccccc65)cc34)cc21. The van der Waals surface area contributed by atoms with E-state index >= 15 is 0 Å². The van der Waals surface area contributed by atoms with E-state index in [2.05, 4.69) is 280 Å². The minimum Gasteiger partial charge on any atom is -0.308 e. The molecule has 4 aliphatic rings. The van der Waals surface area contributed by atoms with Crippen molar-refractivity contribution in [1.82, 2.24) is 0 Å². The lowest BCUT2D eigenvalue weighted by atomic mass is 9.79. The van der Waals surface area contributed by atoms with E-state index in [1.165, 1.54) is 142 Å². The lowest BCUT2D eigenvalue weighted by molar-refractivity contribution is 0.660. The van der Waals surface area contributed by atoms with Crippen molar-refractivity contribution in [3.8, 4) is 55.6 Å². The van der Waals surface area contributed by atoms with Crippen LogP contribution in [0.5, 0.6) is 0 Å². The molecule has 0 atom stereocenters. The number of rotatable bonds is 5. The van der Waals surface area contributed by atoms with E-state index in [-0.39, 0.29) is 10.8 Å². The van der Waals surface area contributed by atoms with Gasteiger partial charge in [-0.25, -0.2) is 0 Å². The molecule has 370 valence electrons. The van der Waals surface area contributed by atoms with Crippen molar-refractivity contribution in [3.63, 3.8) is 0 Å². The zero-order valence-corrected chi connectivity index (χ0v) is 45.4. The van der Waals surface area contributed by atoms with E-state index in [0.29, 0.717) is 0 Å². The summed E-state index contributed by atoms with van der Waals surface area (Å²) in [6.45, 7) is 9.57. The van der Waals surface area contributed by atoms with Gasteiger partial charge in [-0.2, -0.15) is 0 Å². The van der Waals surface area contributed by atoms with Crippen molar-refractivity contribution in [2.45, 2.75) is 58.1 Å². The van der Waals surface area contributed by atoms with Crippen LogP contribution < -0.4 is 9.80 Å². The molecule has 2 nitrogen and oxygen atoms in total. The summed E-state index contributed by atoms with van der Waals surface area (Å²) in [6, 6.07) is 91.9. The molecule has 0 bridgehead atoms. The van der Waals surface area contributed by atoms with Crippen molar-refractivity contribution < 1.29 is 0 Å². The van der Waals surface area contributed by atoms with Crippen LogP contribution in [-0.4, -0.2) is 0 Å². The van der Waals surface area contributed by atoms with E-state index in [1.807, 2.05) is 23.5 Å². The first-order valence-corrected chi connectivity index (χ1v) is 28.8. The van der Waals surface area contributed by atoms with Crippen molar-refractivity contribution in [3.05, 3.63) is 265 Å². The van der Waals surface area contributed by atoms with Gasteiger partial charge < -0.3 is 9.80 Å². The lowest BCUT2D eigenvalue weighted by Crippen LogP contribution is -2.15. The molecule has 0 radical (unpaired) electrons. The van der Waals surface area contributed by atoms with Gasteiger partial charge in [0.1, 0.15) is 0 Å². The molecule has 78 heavy (non-hydrogen) atoms. The Morgan fingerprint density at radius 1 is 0.269 bits per heavy atom. The van der Waals surface area contributed by atoms with Crippen LogP contribution in [0.2, 0.25) is 0 Å². The van der Waals surface area contributed by atoms with Gasteiger partial charge in [-0.05, 0) is 184 Å². The number of anilines is 6. The molecule has 4 heteroatoms. The molecule has 2 aliphatic carbocycles. The van der Waals surface area contributed by atoms with Crippen molar-refractivity contribution in [2.24, 2.45) is 0 Å². The highest BCUT2D eigenvalue weighted by molar-refractivity contribution is 8.00. The smallest absolute Gasteiger partial charge is 0.0601 e. The Balaban J connectivity index is 1.02. The molecule has 0 N–H and O–H groups in total. The minimum atomic E-state index is -0.178. The van der Waals surface area contributed by atoms with Crippen molar-refractivity contribution in [1.29, 1.82) is 0 Å². The Hall–Kier alpha value is -8.54. The molecule has 0 fully saturated rings. The predicted molar refractivity (Wildman–Crippen MR) is 331 cm³/mol. The van der Waals surface area contributed by atoms with Crippen LogP contribution >= 0.6 is 23.5 Å². The highest BCUT2D eigenvalue weighted by atomic mass is 32.2. The molecule has 2 aliphatic heterocycles. The molecule has 0 unspecified atom stereocenters. The maximum atomic E-state index is 2.53. The molecule has 2 heterocycles. The second-order valence-corrected chi connectivity index (χ2v) is 24.5. The van der Waals surface area contributed by atoms with Crippen LogP contribution in [0.4, 0.5) is 34.1 Å². The summed E-state index contributed by atoms with van der Waals surface area (Å²) in [7, 11) is 0. The normalized spacial score (nSPS) is 14.7. The van der Waals surface area contributed by atoms with Crippen LogP contribution in [0.3, 0.4) is 0 Å². The van der Waals surface area contributed by atoms with Crippen LogP contribution in [-0.2, 0) is 10.8 Å². The second kappa shape index (κ2) is 17.0. The highest BCUT2D eigenvalue weighted by Crippen LogP contribution is 2.58. The first-order valence-electron chi connectivity index (χ1n) is 27.2. The summed E-state index contributed by atoms with van der Waals surface area (Å²) >= 11 is 3.71. The average Bonchev–Trinajstić information content (AvgIpc) is 4.02. The highest BCUT2D eigenvalue weighted by Gasteiger charge is 2.38. The molecule has 0 spiro atoms. The Kier molecular flexibility index (Phi) is 9.93. The third-order valence-corrected chi connectivity index (χ3v) is 19.7. The first kappa shape index (κ1) is 45.6. The Bertz CT molecular complexity index is 4450. The van der Waals surface area contributed by atoms with Crippen molar-refractivity contribution >= 4 is 79.2 Å². The van der Waals surface area contributed by atoms with Gasteiger partial charge in [-0.1, -0.05) is 209 Å². The fourth-order valence-electron chi connectivity index (χ4n) is 13.7. The quantitative estimate of drug-likeness (QED) is 0.158. The number of hydrogen-bond donors (Lipinski definition) is 0. The Morgan fingerprint density at radius 2 is 0.628 bits per heavy atom. The zero-order valence-electron chi connectivity index (χ0n) is 43.8. The summed E-state index contributed by atoms with van der Waals surface area (Å²) in [5.41, 5.74) is 24.9. The fraction of sp³-hybridized carbons (Fsp3) is 0.0811. The van der Waals surface area contributed by atoms with Crippen molar-refractivity contribution in [2.75, 3.05) is 9.80 Å². The summed E-state index contributed by atoms with van der Waals surface area (Å²) in [4.78, 5) is 9.96. The van der Waals surface area contributed by atoms with Gasteiger partial charge in [0, 0.05) is 41.8 Å². The van der Waals surface area contributed by atoms with Gasteiger partial charge in [-0.15, -0.1) is 0 Å². The van der Waals surface area contributed by atoms with E-state index < -0.39 is 0 Å². The van der Waals surface area contributed by atoms with Crippen LogP contribution in [0.25, 0.3) is 77.2 Å². The van der Waals surface area contributed by atoms with Gasteiger partial charge >= 0.3 is 0 Å². The third-order valence-electron chi connectivity index (χ3n) is 17.4. The van der Waals surface area contributed by atoms with Crippen LogP contribution in [0, 0.1) is 0 Å².